The molecule has 0 aliphatic heterocycles. The van der Waals surface area contributed by atoms with E-state index in [0.29, 0.717) is 22.6 Å². The average molecular weight is 550 g/mol. The van der Waals surface area contributed by atoms with E-state index >= 15 is 0 Å². The zero-order valence-corrected chi connectivity index (χ0v) is 22.7. The van der Waals surface area contributed by atoms with Gasteiger partial charge in [0.15, 0.2) is 0 Å². The van der Waals surface area contributed by atoms with Gasteiger partial charge in [-0.15, -0.1) is 0 Å². The summed E-state index contributed by atoms with van der Waals surface area (Å²) in [4.78, 5) is 12.9. The number of hydrogen-bond acceptors (Lipinski definition) is 5. The van der Waals surface area contributed by atoms with Crippen molar-refractivity contribution in [2.75, 3.05) is 21.4 Å². The number of benzene rings is 4. The quantitative estimate of drug-likeness (QED) is 0.314. The van der Waals surface area contributed by atoms with Gasteiger partial charge in [0.05, 0.1) is 15.5 Å². The van der Waals surface area contributed by atoms with Gasteiger partial charge in [-0.25, -0.2) is 16.8 Å². The van der Waals surface area contributed by atoms with Crippen LogP contribution in [0.2, 0.25) is 0 Å². The lowest BCUT2D eigenvalue weighted by Gasteiger charge is -2.19. The van der Waals surface area contributed by atoms with Crippen LogP contribution in [0.4, 0.5) is 17.1 Å². The van der Waals surface area contributed by atoms with Crippen LogP contribution >= 0.6 is 0 Å². The molecule has 0 bridgehead atoms. The Bertz CT molecular complexity index is 1670. The topological polar surface area (TPSA) is 113 Å². The fraction of sp³-hybridized carbons (Fsp3) is 0.107. The van der Waals surface area contributed by atoms with Crippen molar-refractivity contribution >= 4 is 43.0 Å². The van der Waals surface area contributed by atoms with Gasteiger partial charge in [-0.1, -0.05) is 24.3 Å². The third kappa shape index (κ3) is 5.87. The number of nitrogens with zero attached hydrogens (tertiary/aromatic N) is 1. The van der Waals surface area contributed by atoms with Gasteiger partial charge in [-0.05, 0) is 97.8 Å². The first-order valence-corrected chi connectivity index (χ1v) is 14.6. The molecule has 0 saturated carbocycles. The van der Waals surface area contributed by atoms with E-state index in [-0.39, 0.29) is 9.79 Å². The summed E-state index contributed by atoms with van der Waals surface area (Å²) in [6, 6.07) is 25.3. The summed E-state index contributed by atoms with van der Waals surface area (Å²) in [6.07, 6.45) is 0. The summed E-state index contributed by atoms with van der Waals surface area (Å²) in [5.41, 5.74) is 3.63. The van der Waals surface area contributed by atoms with E-state index in [1.54, 1.807) is 42.5 Å². The molecule has 0 radical (unpaired) electrons. The van der Waals surface area contributed by atoms with Crippen LogP contribution in [0.1, 0.15) is 21.5 Å². The SMILES string of the molecule is Cc1ccc(NS(=O)(=O)c2ccc(NC(=O)c3ccc(N(C)S(=O)(=O)c4ccccc4)cc3)cc2)cc1C. The van der Waals surface area contributed by atoms with Crippen LogP contribution in [0.5, 0.6) is 0 Å². The minimum absolute atomic E-state index is 0.0562. The first-order chi connectivity index (χ1) is 18.0. The number of aryl methyl sites for hydroxylation is 2. The molecule has 0 spiro atoms. The number of rotatable bonds is 8. The number of carbonyl (C=O) groups is 1. The Morgan fingerprint density at radius 2 is 1.29 bits per heavy atom. The Morgan fingerprint density at radius 1 is 0.684 bits per heavy atom. The maximum absolute atomic E-state index is 12.8. The molecule has 2 N–H and O–H groups in total. The standard InChI is InChI=1S/C28H27N3O5S2/c1-20-9-12-24(19-21(20)2)30-37(33,34)26-17-13-23(14-18-26)29-28(32)22-10-15-25(16-11-22)31(3)38(35,36)27-7-5-4-6-8-27/h4-19,30H,1-3H3,(H,29,32). The van der Waals surface area contributed by atoms with Crippen molar-refractivity contribution in [3.8, 4) is 0 Å². The summed E-state index contributed by atoms with van der Waals surface area (Å²) >= 11 is 0. The highest BCUT2D eigenvalue weighted by Gasteiger charge is 2.21. The zero-order valence-electron chi connectivity index (χ0n) is 21.0. The van der Waals surface area contributed by atoms with Crippen molar-refractivity contribution in [3.05, 3.63) is 114 Å². The van der Waals surface area contributed by atoms with E-state index in [4.69, 9.17) is 0 Å². The fourth-order valence-electron chi connectivity index (χ4n) is 3.65. The molecule has 196 valence electrons. The summed E-state index contributed by atoms with van der Waals surface area (Å²) in [6.45, 7) is 3.85. The molecule has 8 nitrogen and oxygen atoms in total. The predicted molar refractivity (Wildman–Crippen MR) is 150 cm³/mol. The molecule has 4 rings (SSSR count). The van der Waals surface area contributed by atoms with Gasteiger partial charge in [-0.3, -0.25) is 13.8 Å². The van der Waals surface area contributed by atoms with E-state index in [9.17, 15) is 21.6 Å². The van der Waals surface area contributed by atoms with Crippen LogP contribution in [0, 0.1) is 13.8 Å². The second-order valence-electron chi connectivity index (χ2n) is 8.72. The largest absolute Gasteiger partial charge is 0.322 e. The summed E-state index contributed by atoms with van der Waals surface area (Å²) in [5.74, 6) is -0.422. The van der Waals surface area contributed by atoms with E-state index in [0.717, 1.165) is 15.4 Å². The van der Waals surface area contributed by atoms with Crippen molar-refractivity contribution in [2.24, 2.45) is 0 Å². The van der Waals surface area contributed by atoms with Gasteiger partial charge in [0.1, 0.15) is 0 Å². The molecule has 10 heteroatoms. The Balaban J connectivity index is 1.43. The smallest absolute Gasteiger partial charge is 0.264 e. The van der Waals surface area contributed by atoms with Gasteiger partial charge in [0.25, 0.3) is 26.0 Å². The third-order valence-corrected chi connectivity index (χ3v) is 9.27. The molecule has 0 fully saturated rings. The second-order valence-corrected chi connectivity index (χ2v) is 12.4. The molecule has 0 aliphatic rings. The van der Waals surface area contributed by atoms with Gasteiger partial charge in [0.2, 0.25) is 0 Å². The van der Waals surface area contributed by atoms with Gasteiger partial charge >= 0.3 is 0 Å². The van der Waals surface area contributed by atoms with Crippen molar-refractivity contribution in [3.63, 3.8) is 0 Å². The number of carbonyl (C=O) groups excluding carboxylic acids is 1. The minimum Gasteiger partial charge on any atom is -0.322 e. The maximum atomic E-state index is 12.8. The molecule has 4 aromatic carbocycles. The molecule has 0 aromatic heterocycles. The molecular formula is C28H27N3O5S2. The Morgan fingerprint density at radius 3 is 1.89 bits per heavy atom. The lowest BCUT2D eigenvalue weighted by atomic mass is 10.1. The molecule has 38 heavy (non-hydrogen) atoms. The maximum Gasteiger partial charge on any atom is 0.264 e. The first kappa shape index (κ1) is 26.9. The highest BCUT2D eigenvalue weighted by Crippen LogP contribution is 2.24. The van der Waals surface area contributed by atoms with E-state index < -0.39 is 26.0 Å². The molecule has 0 saturated heterocycles. The van der Waals surface area contributed by atoms with E-state index in [1.165, 1.54) is 55.6 Å². The molecule has 1 amide bonds. The highest BCUT2D eigenvalue weighted by atomic mass is 32.2. The number of hydrogen-bond donors (Lipinski definition) is 2. The Hall–Kier alpha value is -4.15. The number of sulfonamides is 2. The van der Waals surface area contributed by atoms with Gasteiger partial charge < -0.3 is 5.32 Å². The van der Waals surface area contributed by atoms with E-state index in [1.807, 2.05) is 19.9 Å². The first-order valence-electron chi connectivity index (χ1n) is 11.6. The van der Waals surface area contributed by atoms with Crippen LogP contribution in [0.3, 0.4) is 0 Å². The van der Waals surface area contributed by atoms with Crippen LogP contribution in [0.15, 0.2) is 107 Å². The monoisotopic (exact) mass is 549 g/mol. The zero-order chi connectivity index (χ0) is 27.5. The van der Waals surface area contributed by atoms with Crippen LogP contribution in [-0.4, -0.2) is 29.8 Å². The fourth-order valence-corrected chi connectivity index (χ4v) is 5.92. The number of amides is 1. The molecule has 0 atom stereocenters. The molecule has 4 aromatic rings. The highest BCUT2D eigenvalue weighted by molar-refractivity contribution is 7.93. The minimum atomic E-state index is -3.80. The lowest BCUT2D eigenvalue weighted by Crippen LogP contribution is -2.26. The summed E-state index contributed by atoms with van der Waals surface area (Å²) in [5, 5.41) is 2.72. The van der Waals surface area contributed by atoms with Crippen molar-refractivity contribution < 1.29 is 21.6 Å². The van der Waals surface area contributed by atoms with Gasteiger partial charge in [0, 0.05) is 24.0 Å². The number of anilines is 3. The lowest BCUT2D eigenvalue weighted by molar-refractivity contribution is 0.102. The van der Waals surface area contributed by atoms with Crippen molar-refractivity contribution in [1.29, 1.82) is 0 Å². The van der Waals surface area contributed by atoms with E-state index in [2.05, 4.69) is 10.0 Å². The Labute approximate surface area is 223 Å². The average Bonchev–Trinajstić information content (AvgIpc) is 2.91. The van der Waals surface area contributed by atoms with Gasteiger partial charge in [-0.2, -0.15) is 0 Å². The third-order valence-electron chi connectivity index (χ3n) is 6.08. The molecule has 0 aliphatic carbocycles. The summed E-state index contributed by atoms with van der Waals surface area (Å²) in [7, 11) is -6.09. The van der Waals surface area contributed by atoms with Crippen LogP contribution in [-0.2, 0) is 20.0 Å². The molecular weight excluding hydrogens is 522 g/mol. The normalized spacial score (nSPS) is 11.6. The van der Waals surface area contributed by atoms with Crippen LogP contribution in [0.25, 0.3) is 0 Å². The Kier molecular flexibility index (Phi) is 7.56. The van der Waals surface area contributed by atoms with Crippen molar-refractivity contribution in [2.45, 2.75) is 23.6 Å². The second kappa shape index (κ2) is 10.7. The number of nitrogens with one attached hydrogen (secondary N) is 2. The molecule has 0 unspecified atom stereocenters. The van der Waals surface area contributed by atoms with Crippen LogP contribution < -0.4 is 14.3 Å². The van der Waals surface area contributed by atoms with Crippen molar-refractivity contribution in [1.82, 2.24) is 0 Å². The molecule has 0 heterocycles. The summed E-state index contributed by atoms with van der Waals surface area (Å²) < 4.78 is 54.9. The predicted octanol–water partition coefficient (Wildman–Crippen LogP) is 5.18.